The Balaban J connectivity index is 4.27. The number of esters is 2. The zero-order valence-corrected chi connectivity index (χ0v) is 36.8. The Morgan fingerprint density at radius 2 is 1.04 bits per heavy atom. The van der Waals surface area contributed by atoms with Gasteiger partial charge in [-0.25, -0.2) is 0 Å². The van der Waals surface area contributed by atoms with Gasteiger partial charge >= 0.3 is 11.9 Å². The highest BCUT2D eigenvalue weighted by Crippen LogP contribution is 2.18. The van der Waals surface area contributed by atoms with Crippen molar-refractivity contribution in [2.24, 2.45) is 17.8 Å². The van der Waals surface area contributed by atoms with Crippen molar-refractivity contribution >= 4 is 11.9 Å². The van der Waals surface area contributed by atoms with Crippen molar-refractivity contribution in [1.82, 2.24) is 0 Å². The van der Waals surface area contributed by atoms with Gasteiger partial charge in [-0.2, -0.15) is 0 Å². The molecule has 0 saturated carbocycles. The fourth-order valence-corrected chi connectivity index (χ4v) is 6.00. The van der Waals surface area contributed by atoms with Crippen LogP contribution in [0, 0.1) is 17.8 Å². The van der Waals surface area contributed by atoms with Gasteiger partial charge in [0.15, 0.2) is 6.29 Å². The summed E-state index contributed by atoms with van der Waals surface area (Å²) < 4.78 is 23.3. The quantitative estimate of drug-likeness (QED) is 0.0289. The summed E-state index contributed by atoms with van der Waals surface area (Å²) in [6.07, 6.45) is 35.3. The highest BCUT2D eigenvalue weighted by atomic mass is 16.7. The van der Waals surface area contributed by atoms with E-state index in [-0.39, 0.29) is 38.0 Å². The molecule has 0 amide bonds. The molecule has 0 aromatic heterocycles. The van der Waals surface area contributed by atoms with E-state index in [9.17, 15) is 14.7 Å². The lowest BCUT2D eigenvalue weighted by atomic mass is 10.0. The van der Waals surface area contributed by atoms with Gasteiger partial charge in [0.2, 0.25) is 0 Å². The lowest BCUT2D eigenvalue weighted by Crippen LogP contribution is -2.24. The fourth-order valence-electron chi connectivity index (χ4n) is 6.00. The number of carbonyl (C=O) groups excluding carboxylic acids is 2. The van der Waals surface area contributed by atoms with Gasteiger partial charge in [-0.3, -0.25) is 9.59 Å². The first-order valence-electron chi connectivity index (χ1n) is 22.3. The first-order valence-corrected chi connectivity index (χ1v) is 22.3. The summed E-state index contributed by atoms with van der Waals surface area (Å²) in [5, 5.41) is 9.76. The molecule has 320 valence electrons. The molecule has 0 aromatic rings. The van der Waals surface area contributed by atoms with Crippen molar-refractivity contribution in [3.05, 3.63) is 47.6 Å². The molecule has 0 aliphatic rings. The molecule has 0 heterocycles. The van der Waals surface area contributed by atoms with Gasteiger partial charge in [0, 0.05) is 26.1 Å². The molecule has 55 heavy (non-hydrogen) atoms. The van der Waals surface area contributed by atoms with Crippen LogP contribution in [0.2, 0.25) is 0 Å². The van der Waals surface area contributed by atoms with Gasteiger partial charge in [0.1, 0.15) is 0 Å². The number of allylic oxidation sites excluding steroid dienone is 8. The van der Waals surface area contributed by atoms with Gasteiger partial charge in [0.25, 0.3) is 0 Å². The number of hydrogen-bond acceptors (Lipinski definition) is 7. The van der Waals surface area contributed by atoms with E-state index in [0.29, 0.717) is 44.3 Å². The van der Waals surface area contributed by atoms with E-state index in [2.05, 4.69) is 84.9 Å². The van der Waals surface area contributed by atoms with Crippen LogP contribution in [0.4, 0.5) is 0 Å². The number of carbonyl (C=O) groups is 2. The minimum absolute atomic E-state index is 0.0404. The highest BCUT2D eigenvalue weighted by Gasteiger charge is 2.16. The third kappa shape index (κ3) is 38.4. The number of aliphatic hydroxyl groups excluding tert-OH is 1. The molecule has 0 radical (unpaired) electrons. The van der Waals surface area contributed by atoms with Crippen LogP contribution in [0.15, 0.2) is 47.6 Å². The average Bonchev–Trinajstić information content (AvgIpc) is 3.14. The molecule has 0 saturated heterocycles. The summed E-state index contributed by atoms with van der Waals surface area (Å²) in [6.45, 7) is 16.6. The van der Waals surface area contributed by atoms with Crippen LogP contribution in [0.25, 0.3) is 0 Å². The molecular formula is C48H86O7. The summed E-state index contributed by atoms with van der Waals surface area (Å²) in [5.41, 5.74) is 2.73. The van der Waals surface area contributed by atoms with Gasteiger partial charge < -0.3 is 24.1 Å². The monoisotopic (exact) mass is 775 g/mol. The lowest BCUT2D eigenvalue weighted by Gasteiger charge is -2.21. The highest BCUT2D eigenvalue weighted by molar-refractivity contribution is 5.69. The molecule has 0 aromatic carbocycles. The predicted octanol–water partition coefficient (Wildman–Crippen LogP) is 13.0. The Labute approximate surface area is 339 Å². The summed E-state index contributed by atoms with van der Waals surface area (Å²) in [7, 11) is 0. The number of aliphatic hydroxyl groups is 1. The zero-order chi connectivity index (χ0) is 40.8. The second kappa shape index (κ2) is 38.6. The molecule has 1 N–H and O–H groups in total. The van der Waals surface area contributed by atoms with Gasteiger partial charge in [-0.1, -0.05) is 100 Å². The van der Waals surface area contributed by atoms with Gasteiger partial charge in [-0.05, 0) is 136 Å². The zero-order valence-electron chi connectivity index (χ0n) is 36.8. The van der Waals surface area contributed by atoms with Crippen LogP contribution in [0.5, 0.6) is 0 Å². The third-order valence-corrected chi connectivity index (χ3v) is 9.87. The van der Waals surface area contributed by atoms with Crippen molar-refractivity contribution < 1.29 is 33.6 Å². The molecule has 3 atom stereocenters. The Kier molecular flexibility index (Phi) is 37.1. The molecular weight excluding hydrogens is 689 g/mol. The Hall–Kier alpha value is -2.22. The van der Waals surface area contributed by atoms with Crippen molar-refractivity contribution in [1.29, 1.82) is 0 Å². The van der Waals surface area contributed by atoms with Crippen LogP contribution in [-0.4, -0.2) is 56.4 Å². The second-order valence-electron chi connectivity index (χ2n) is 16.3. The standard InChI is InChI=1S/C48H86O7/c1-8-9-10-11-12-13-14-15-16-17-18-19-20-21-22-31-46(50)54-39-45(38-49)40-55-47(51)32-23-24-33-48(52-36-34-43(6)29-25-27-41(2)3)53-37-35-44(7)30-26-28-42(4)5/h12-13,15-16,27-28,43-45,48-49H,8-11,14,17-26,29-40H2,1-7H3/b13-12-,16-15-. The summed E-state index contributed by atoms with van der Waals surface area (Å²) in [5.74, 6) is 0.192. The minimum Gasteiger partial charge on any atom is -0.465 e. The molecule has 3 unspecified atom stereocenters. The van der Waals surface area contributed by atoms with Gasteiger partial charge in [0.05, 0.1) is 25.7 Å². The maximum Gasteiger partial charge on any atom is 0.305 e. The largest absolute Gasteiger partial charge is 0.465 e. The average molecular weight is 775 g/mol. The topological polar surface area (TPSA) is 91.3 Å². The van der Waals surface area contributed by atoms with Crippen LogP contribution >= 0.6 is 0 Å². The number of hydrogen-bond donors (Lipinski definition) is 1. The van der Waals surface area contributed by atoms with Crippen LogP contribution in [-0.2, 0) is 28.5 Å². The number of ether oxygens (including phenoxy) is 4. The minimum atomic E-state index is -0.419. The van der Waals surface area contributed by atoms with E-state index < -0.39 is 5.92 Å². The smallest absolute Gasteiger partial charge is 0.305 e. The van der Waals surface area contributed by atoms with Gasteiger partial charge in [-0.15, -0.1) is 0 Å². The lowest BCUT2D eigenvalue weighted by molar-refractivity contribution is -0.153. The maximum absolute atomic E-state index is 12.5. The third-order valence-electron chi connectivity index (χ3n) is 9.87. The van der Waals surface area contributed by atoms with Crippen molar-refractivity contribution in [3.8, 4) is 0 Å². The summed E-state index contributed by atoms with van der Waals surface area (Å²) in [6, 6.07) is 0. The van der Waals surface area contributed by atoms with Crippen LogP contribution < -0.4 is 0 Å². The SMILES string of the molecule is CCCCC/C=C\C/C=C\CCCCCCCC(=O)OCC(CO)COC(=O)CCCCC(OCCC(C)CCC=C(C)C)OCCC(C)CCC=C(C)C. The van der Waals surface area contributed by atoms with E-state index in [1.165, 1.54) is 49.7 Å². The molecule has 0 aliphatic heterocycles. The van der Waals surface area contributed by atoms with Crippen molar-refractivity contribution in [2.45, 2.75) is 196 Å². The second-order valence-corrected chi connectivity index (χ2v) is 16.3. The van der Waals surface area contributed by atoms with Crippen LogP contribution in [0.1, 0.15) is 190 Å². The van der Waals surface area contributed by atoms with Crippen LogP contribution in [0.3, 0.4) is 0 Å². The van der Waals surface area contributed by atoms with E-state index in [1.807, 2.05) is 0 Å². The molecule has 0 aliphatic carbocycles. The first-order chi connectivity index (χ1) is 26.6. The number of unbranched alkanes of at least 4 members (excludes halogenated alkanes) is 9. The summed E-state index contributed by atoms with van der Waals surface area (Å²) in [4.78, 5) is 24.7. The molecule has 0 rings (SSSR count). The number of rotatable bonds is 38. The van der Waals surface area contributed by atoms with E-state index in [1.54, 1.807) is 0 Å². The predicted molar refractivity (Wildman–Crippen MR) is 231 cm³/mol. The molecule has 0 bridgehead atoms. The Morgan fingerprint density at radius 3 is 1.53 bits per heavy atom. The Bertz CT molecular complexity index is 987. The summed E-state index contributed by atoms with van der Waals surface area (Å²) >= 11 is 0. The van der Waals surface area contributed by atoms with Crippen molar-refractivity contribution in [2.75, 3.05) is 33.0 Å². The maximum atomic E-state index is 12.5. The molecule has 0 spiro atoms. The van der Waals surface area contributed by atoms with E-state index >= 15 is 0 Å². The normalized spacial score (nSPS) is 13.8. The molecule has 7 nitrogen and oxygen atoms in total. The van der Waals surface area contributed by atoms with E-state index in [0.717, 1.165) is 83.5 Å². The van der Waals surface area contributed by atoms with E-state index in [4.69, 9.17) is 18.9 Å². The first kappa shape index (κ1) is 52.8. The Morgan fingerprint density at radius 1 is 0.564 bits per heavy atom. The molecule has 0 fully saturated rings. The van der Waals surface area contributed by atoms with Crippen molar-refractivity contribution in [3.63, 3.8) is 0 Å². The fraction of sp³-hybridized carbons (Fsp3) is 0.792. The molecule has 7 heteroatoms.